The summed E-state index contributed by atoms with van der Waals surface area (Å²) in [5.74, 6) is 1.43. The summed E-state index contributed by atoms with van der Waals surface area (Å²) in [6, 6.07) is 13.0. The van der Waals surface area contributed by atoms with Crippen LogP contribution in [0.1, 0.15) is 36.6 Å². The molecule has 0 saturated carbocycles. The van der Waals surface area contributed by atoms with Gasteiger partial charge in [0.2, 0.25) is 18.3 Å². The zero-order valence-electron chi connectivity index (χ0n) is 24.0. The van der Waals surface area contributed by atoms with Crippen LogP contribution in [0.15, 0.2) is 48.5 Å². The van der Waals surface area contributed by atoms with Crippen LogP contribution < -0.4 is 28.4 Å². The molecule has 9 heteroatoms. The minimum Gasteiger partial charge on any atom is -0.493 e. The monoisotopic (exact) mass is 562 g/mol. The first-order valence-corrected chi connectivity index (χ1v) is 13.2. The number of ether oxygens (including phenoxy) is 7. The van der Waals surface area contributed by atoms with Crippen molar-refractivity contribution in [3.8, 4) is 45.6 Å². The number of rotatable bonds is 7. The standard InChI is InChI=1S/C32H34O9/c1-18-14-20-15-23-28(40-17-39-23)29(37-5)25(20)26-21(16-22(35-3)27(36-4)30(26)38-6)31(32(18,2)34)41-24(33)13-12-19-10-8-7-9-11-19/h7-13,15-16,18,31,34H,14,17H2,1-6H3/b13-12+/t18-,31-,32-/m0/s1. The lowest BCUT2D eigenvalue weighted by atomic mass is 9.73. The predicted molar refractivity (Wildman–Crippen MR) is 152 cm³/mol. The van der Waals surface area contributed by atoms with Crippen molar-refractivity contribution < 1.29 is 43.1 Å². The van der Waals surface area contributed by atoms with E-state index in [1.807, 2.05) is 43.3 Å². The lowest BCUT2D eigenvalue weighted by Gasteiger charge is -2.41. The number of hydrogen-bond acceptors (Lipinski definition) is 9. The van der Waals surface area contributed by atoms with Crippen LogP contribution in [0.4, 0.5) is 0 Å². The molecule has 0 bridgehead atoms. The summed E-state index contributed by atoms with van der Waals surface area (Å²) in [5, 5.41) is 12.1. The predicted octanol–water partition coefficient (Wildman–Crippen LogP) is 5.36. The number of methoxy groups -OCH3 is 4. The molecule has 216 valence electrons. The van der Waals surface area contributed by atoms with Crippen LogP contribution in [0.25, 0.3) is 17.2 Å². The lowest BCUT2D eigenvalue weighted by Crippen LogP contribution is -2.43. The zero-order chi connectivity index (χ0) is 29.3. The molecule has 3 aromatic rings. The number of hydrogen-bond donors (Lipinski definition) is 1. The van der Waals surface area contributed by atoms with E-state index in [-0.39, 0.29) is 12.7 Å². The average molecular weight is 563 g/mol. The third-order valence-corrected chi connectivity index (χ3v) is 7.80. The van der Waals surface area contributed by atoms with Crippen LogP contribution in [0, 0.1) is 5.92 Å². The number of aliphatic hydroxyl groups is 1. The third-order valence-electron chi connectivity index (χ3n) is 7.80. The maximum Gasteiger partial charge on any atom is 0.331 e. The number of benzene rings is 3. The van der Waals surface area contributed by atoms with E-state index in [9.17, 15) is 9.90 Å². The number of carbonyl (C=O) groups excluding carboxylic acids is 1. The third kappa shape index (κ3) is 4.91. The fourth-order valence-electron chi connectivity index (χ4n) is 5.51. The van der Waals surface area contributed by atoms with Gasteiger partial charge in [0.1, 0.15) is 5.60 Å². The van der Waals surface area contributed by atoms with Crippen LogP contribution in [0.3, 0.4) is 0 Å². The number of fused-ring (bicyclic) bond motifs is 4. The average Bonchev–Trinajstić information content (AvgIpc) is 3.45. The smallest absolute Gasteiger partial charge is 0.331 e. The second kappa shape index (κ2) is 11.2. The highest BCUT2D eigenvalue weighted by atomic mass is 16.7. The van der Waals surface area contributed by atoms with Gasteiger partial charge in [-0.15, -0.1) is 0 Å². The van der Waals surface area contributed by atoms with E-state index in [0.717, 1.165) is 11.1 Å². The van der Waals surface area contributed by atoms with Gasteiger partial charge in [-0.1, -0.05) is 37.3 Å². The molecule has 3 aromatic carbocycles. The molecular weight excluding hydrogens is 528 g/mol. The molecule has 1 N–H and O–H groups in total. The van der Waals surface area contributed by atoms with E-state index in [1.54, 1.807) is 26.2 Å². The van der Waals surface area contributed by atoms with Crippen LogP contribution in [-0.4, -0.2) is 51.9 Å². The van der Waals surface area contributed by atoms with Gasteiger partial charge in [-0.3, -0.25) is 0 Å². The van der Waals surface area contributed by atoms with Crippen molar-refractivity contribution in [1.29, 1.82) is 0 Å². The van der Waals surface area contributed by atoms with E-state index in [1.165, 1.54) is 27.4 Å². The van der Waals surface area contributed by atoms with E-state index in [4.69, 9.17) is 33.2 Å². The van der Waals surface area contributed by atoms with E-state index >= 15 is 0 Å². The topological polar surface area (TPSA) is 102 Å². The molecule has 0 amide bonds. The first-order chi connectivity index (χ1) is 19.7. The molecule has 2 aliphatic rings. The molecule has 5 rings (SSSR count). The van der Waals surface area contributed by atoms with Crippen molar-refractivity contribution in [2.24, 2.45) is 5.92 Å². The molecule has 41 heavy (non-hydrogen) atoms. The Morgan fingerprint density at radius 2 is 1.66 bits per heavy atom. The van der Waals surface area contributed by atoms with Gasteiger partial charge >= 0.3 is 5.97 Å². The fourth-order valence-corrected chi connectivity index (χ4v) is 5.51. The second-order valence-electron chi connectivity index (χ2n) is 10.2. The number of esters is 1. The van der Waals surface area contributed by atoms with E-state index < -0.39 is 17.7 Å². The Morgan fingerprint density at radius 3 is 2.32 bits per heavy atom. The summed E-state index contributed by atoms with van der Waals surface area (Å²) in [6.45, 7) is 3.62. The van der Waals surface area contributed by atoms with E-state index in [0.29, 0.717) is 57.6 Å². The largest absolute Gasteiger partial charge is 0.493 e. The first-order valence-electron chi connectivity index (χ1n) is 13.2. The van der Waals surface area contributed by atoms with Crippen molar-refractivity contribution in [2.75, 3.05) is 35.2 Å². The summed E-state index contributed by atoms with van der Waals surface area (Å²) in [6.07, 6.45) is 2.29. The summed E-state index contributed by atoms with van der Waals surface area (Å²) >= 11 is 0. The van der Waals surface area contributed by atoms with Crippen molar-refractivity contribution in [3.63, 3.8) is 0 Å². The fraction of sp³-hybridized carbons (Fsp3) is 0.344. The van der Waals surface area contributed by atoms with Crippen LogP contribution in [0.2, 0.25) is 0 Å². The Kier molecular flexibility index (Phi) is 7.73. The Morgan fingerprint density at radius 1 is 0.951 bits per heavy atom. The lowest BCUT2D eigenvalue weighted by molar-refractivity contribution is -0.165. The summed E-state index contributed by atoms with van der Waals surface area (Å²) in [4.78, 5) is 13.3. The second-order valence-corrected chi connectivity index (χ2v) is 10.2. The van der Waals surface area contributed by atoms with Crippen LogP contribution >= 0.6 is 0 Å². The van der Waals surface area contributed by atoms with Gasteiger partial charge in [-0.2, -0.15) is 0 Å². The summed E-state index contributed by atoms with van der Waals surface area (Å²) in [5.41, 5.74) is 1.79. The van der Waals surface area contributed by atoms with Crippen molar-refractivity contribution in [2.45, 2.75) is 32.0 Å². The van der Waals surface area contributed by atoms with Gasteiger partial charge in [-0.05, 0) is 48.6 Å². The van der Waals surface area contributed by atoms with Gasteiger partial charge < -0.3 is 38.3 Å². The maximum absolute atomic E-state index is 13.3. The van der Waals surface area contributed by atoms with Gasteiger partial charge in [0, 0.05) is 22.8 Å². The Labute approximate surface area is 239 Å². The molecule has 1 aliphatic carbocycles. The van der Waals surface area contributed by atoms with Crippen LogP contribution in [-0.2, 0) is 16.0 Å². The Balaban J connectivity index is 1.78. The normalized spacial score (nSPS) is 20.9. The molecule has 0 fully saturated rings. The van der Waals surface area contributed by atoms with E-state index in [2.05, 4.69) is 0 Å². The maximum atomic E-state index is 13.3. The highest BCUT2D eigenvalue weighted by Crippen LogP contribution is 2.59. The molecule has 1 aliphatic heterocycles. The highest BCUT2D eigenvalue weighted by molar-refractivity contribution is 5.90. The molecule has 9 nitrogen and oxygen atoms in total. The molecule has 0 unspecified atom stereocenters. The van der Waals surface area contributed by atoms with Gasteiger partial charge in [0.25, 0.3) is 0 Å². The molecule has 0 radical (unpaired) electrons. The molecule has 0 saturated heterocycles. The molecule has 1 heterocycles. The van der Waals surface area contributed by atoms with Crippen molar-refractivity contribution in [1.82, 2.24) is 0 Å². The number of carbonyl (C=O) groups is 1. The molecule has 0 spiro atoms. The Bertz CT molecular complexity index is 1480. The summed E-state index contributed by atoms with van der Waals surface area (Å²) in [7, 11) is 6.08. The molecule has 0 aromatic heterocycles. The Hall–Kier alpha value is -4.37. The minimum atomic E-state index is -1.52. The first kappa shape index (κ1) is 28.2. The molecular formula is C32H34O9. The minimum absolute atomic E-state index is 0.0474. The molecule has 3 atom stereocenters. The zero-order valence-corrected chi connectivity index (χ0v) is 24.0. The van der Waals surface area contributed by atoms with Crippen molar-refractivity contribution >= 4 is 12.0 Å². The van der Waals surface area contributed by atoms with Crippen LogP contribution in [0.5, 0.6) is 34.5 Å². The van der Waals surface area contributed by atoms with Crippen molar-refractivity contribution in [3.05, 3.63) is 65.2 Å². The van der Waals surface area contributed by atoms with Gasteiger partial charge in [0.15, 0.2) is 29.1 Å². The highest BCUT2D eigenvalue weighted by Gasteiger charge is 2.47. The summed E-state index contributed by atoms with van der Waals surface area (Å²) < 4.78 is 40.8. The quantitative estimate of drug-likeness (QED) is 0.301. The van der Waals surface area contributed by atoms with Gasteiger partial charge in [0.05, 0.1) is 28.4 Å². The SMILES string of the molecule is COc1cc2c(c(OC)c1OC)-c1c(cc3c(c1OC)OCO3)C[C@H](C)[C@](C)(O)[C@H]2OC(=O)/C=C/c1ccccc1. The van der Waals surface area contributed by atoms with Gasteiger partial charge in [-0.25, -0.2) is 4.79 Å².